The van der Waals surface area contributed by atoms with Gasteiger partial charge in [0.05, 0.1) is 10.2 Å². The predicted molar refractivity (Wildman–Crippen MR) is 86.5 cm³/mol. The molecule has 20 heavy (non-hydrogen) atoms. The smallest absolute Gasteiger partial charge is 0.186 e. The Morgan fingerprint density at radius 1 is 1.25 bits per heavy atom. The highest BCUT2D eigenvalue weighted by atomic mass is 32.1. The third kappa shape index (κ3) is 2.95. The van der Waals surface area contributed by atoms with Crippen molar-refractivity contribution in [2.24, 2.45) is 5.73 Å². The SMILES string of the molecule is CCC(N)CN1CCN(c2nc3ccccc3s2)CC1. The number of fused-ring (bicyclic) bond motifs is 1. The Balaban J connectivity index is 1.63. The standard InChI is InChI=1S/C15H22N4S/c1-2-12(16)11-18-7-9-19(10-8-18)15-17-13-5-3-4-6-14(13)20-15/h3-6,12H,2,7-11,16H2,1H3. The molecule has 1 atom stereocenters. The van der Waals surface area contributed by atoms with E-state index < -0.39 is 0 Å². The molecule has 1 unspecified atom stereocenters. The summed E-state index contributed by atoms with van der Waals surface area (Å²) in [5.74, 6) is 0. The number of piperazine rings is 1. The Bertz CT molecular complexity index is 527. The Kier molecular flexibility index (Phi) is 4.19. The number of hydrogen-bond donors (Lipinski definition) is 1. The van der Waals surface area contributed by atoms with Crippen LogP contribution < -0.4 is 10.6 Å². The van der Waals surface area contributed by atoms with Crippen molar-refractivity contribution in [2.75, 3.05) is 37.6 Å². The van der Waals surface area contributed by atoms with Gasteiger partial charge in [-0.2, -0.15) is 0 Å². The maximum absolute atomic E-state index is 6.03. The fourth-order valence-corrected chi connectivity index (χ4v) is 3.60. The molecule has 0 amide bonds. The average Bonchev–Trinajstić information content (AvgIpc) is 2.91. The summed E-state index contributed by atoms with van der Waals surface area (Å²) in [4.78, 5) is 9.61. The molecule has 0 spiro atoms. The minimum atomic E-state index is 0.309. The second-order valence-electron chi connectivity index (χ2n) is 5.42. The quantitative estimate of drug-likeness (QED) is 0.937. The summed E-state index contributed by atoms with van der Waals surface area (Å²) in [6.07, 6.45) is 1.05. The van der Waals surface area contributed by atoms with Crippen LogP contribution in [0, 0.1) is 0 Å². The number of rotatable bonds is 4. The molecule has 1 aromatic carbocycles. The van der Waals surface area contributed by atoms with Crippen LogP contribution in [-0.4, -0.2) is 48.6 Å². The van der Waals surface area contributed by atoms with Crippen LogP contribution in [0.3, 0.4) is 0 Å². The first-order valence-electron chi connectivity index (χ1n) is 7.34. The van der Waals surface area contributed by atoms with Gasteiger partial charge in [0.2, 0.25) is 0 Å². The highest BCUT2D eigenvalue weighted by molar-refractivity contribution is 7.22. The number of aromatic nitrogens is 1. The first-order valence-corrected chi connectivity index (χ1v) is 8.16. The largest absolute Gasteiger partial charge is 0.345 e. The third-order valence-electron chi connectivity index (χ3n) is 3.94. The first-order chi connectivity index (χ1) is 9.76. The maximum atomic E-state index is 6.03. The van der Waals surface area contributed by atoms with Gasteiger partial charge in [-0.3, -0.25) is 4.90 Å². The van der Waals surface area contributed by atoms with E-state index in [1.165, 1.54) is 4.70 Å². The number of hydrogen-bond acceptors (Lipinski definition) is 5. The zero-order valence-electron chi connectivity index (χ0n) is 12.0. The minimum absolute atomic E-state index is 0.309. The summed E-state index contributed by atoms with van der Waals surface area (Å²) in [6, 6.07) is 8.67. The molecule has 108 valence electrons. The third-order valence-corrected chi connectivity index (χ3v) is 5.04. The van der Waals surface area contributed by atoms with E-state index in [2.05, 4.69) is 41.0 Å². The maximum Gasteiger partial charge on any atom is 0.186 e. The molecule has 0 saturated carbocycles. The lowest BCUT2D eigenvalue weighted by molar-refractivity contribution is 0.241. The van der Waals surface area contributed by atoms with Gasteiger partial charge in [-0.25, -0.2) is 4.98 Å². The molecule has 4 nitrogen and oxygen atoms in total. The molecule has 5 heteroatoms. The van der Waals surface area contributed by atoms with Crippen molar-refractivity contribution in [2.45, 2.75) is 19.4 Å². The topological polar surface area (TPSA) is 45.4 Å². The monoisotopic (exact) mass is 290 g/mol. The lowest BCUT2D eigenvalue weighted by Crippen LogP contribution is -2.49. The van der Waals surface area contributed by atoms with E-state index >= 15 is 0 Å². The summed E-state index contributed by atoms with van der Waals surface area (Å²) in [5, 5.41) is 1.16. The van der Waals surface area contributed by atoms with Crippen molar-refractivity contribution in [1.29, 1.82) is 0 Å². The van der Waals surface area contributed by atoms with Gasteiger partial charge in [0, 0.05) is 38.8 Å². The molecule has 1 aliphatic rings. The Labute approximate surface area is 124 Å². The molecule has 3 rings (SSSR count). The van der Waals surface area contributed by atoms with E-state index in [9.17, 15) is 0 Å². The van der Waals surface area contributed by atoms with Crippen LogP contribution in [0.5, 0.6) is 0 Å². The van der Waals surface area contributed by atoms with Crippen molar-refractivity contribution in [1.82, 2.24) is 9.88 Å². The Morgan fingerprint density at radius 3 is 2.70 bits per heavy atom. The number of benzene rings is 1. The van der Waals surface area contributed by atoms with E-state index in [1.807, 2.05) is 0 Å². The van der Waals surface area contributed by atoms with Crippen molar-refractivity contribution >= 4 is 26.7 Å². The number of nitrogens with zero attached hydrogens (tertiary/aromatic N) is 3. The highest BCUT2D eigenvalue weighted by Gasteiger charge is 2.20. The van der Waals surface area contributed by atoms with Crippen molar-refractivity contribution < 1.29 is 0 Å². The average molecular weight is 290 g/mol. The number of para-hydroxylation sites is 1. The van der Waals surface area contributed by atoms with Crippen LogP contribution >= 0.6 is 11.3 Å². The van der Waals surface area contributed by atoms with Gasteiger partial charge in [0.1, 0.15) is 0 Å². The van der Waals surface area contributed by atoms with Gasteiger partial charge in [-0.15, -0.1) is 0 Å². The zero-order chi connectivity index (χ0) is 13.9. The van der Waals surface area contributed by atoms with E-state index in [4.69, 9.17) is 10.7 Å². The lowest BCUT2D eigenvalue weighted by atomic mass is 10.2. The molecule has 0 aliphatic carbocycles. The van der Waals surface area contributed by atoms with Crippen LogP contribution in [0.15, 0.2) is 24.3 Å². The zero-order valence-corrected chi connectivity index (χ0v) is 12.8. The van der Waals surface area contributed by atoms with Gasteiger partial charge in [-0.1, -0.05) is 30.4 Å². The number of thiazole rings is 1. The number of nitrogens with two attached hydrogens (primary N) is 1. The second kappa shape index (κ2) is 6.08. The molecule has 0 bridgehead atoms. The van der Waals surface area contributed by atoms with Crippen LogP contribution in [0.1, 0.15) is 13.3 Å². The fraction of sp³-hybridized carbons (Fsp3) is 0.533. The lowest BCUT2D eigenvalue weighted by Gasteiger charge is -2.35. The van der Waals surface area contributed by atoms with Gasteiger partial charge in [-0.05, 0) is 18.6 Å². The first kappa shape index (κ1) is 13.8. The van der Waals surface area contributed by atoms with Crippen molar-refractivity contribution in [3.8, 4) is 0 Å². The van der Waals surface area contributed by atoms with Crippen LogP contribution in [0.25, 0.3) is 10.2 Å². The predicted octanol–water partition coefficient (Wildman–Crippen LogP) is 2.16. The molecule has 1 fully saturated rings. The fourth-order valence-electron chi connectivity index (χ4n) is 2.58. The summed E-state index contributed by atoms with van der Waals surface area (Å²) >= 11 is 1.80. The van der Waals surface area contributed by atoms with Gasteiger partial charge >= 0.3 is 0 Å². The molecule has 1 aromatic heterocycles. The molecule has 2 heterocycles. The van der Waals surface area contributed by atoms with Crippen molar-refractivity contribution in [3.63, 3.8) is 0 Å². The van der Waals surface area contributed by atoms with Gasteiger partial charge < -0.3 is 10.6 Å². The molecule has 1 saturated heterocycles. The molecule has 2 aromatic rings. The number of anilines is 1. The molecule has 2 N–H and O–H groups in total. The van der Waals surface area contributed by atoms with Crippen molar-refractivity contribution in [3.05, 3.63) is 24.3 Å². The van der Waals surface area contributed by atoms with Gasteiger partial charge in [0.25, 0.3) is 0 Å². The normalized spacial score (nSPS) is 18.6. The van der Waals surface area contributed by atoms with Crippen LogP contribution in [0.2, 0.25) is 0 Å². The summed E-state index contributed by atoms with van der Waals surface area (Å²) in [5.41, 5.74) is 7.15. The highest BCUT2D eigenvalue weighted by Crippen LogP contribution is 2.29. The van der Waals surface area contributed by atoms with E-state index in [1.54, 1.807) is 11.3 Å². The molecule has 1 aliphatic heterocycles. The summed E-state index contributed by atoms with van der Waals surface area (Å²) < 4.78 is 1.28. The molecular weight excluding hydrogens is 268 g/mol. The summed E-state index contributed by atoms with van der Waals surface area (Å²) in [7, 11) is 0. The summed E-state index contributed by atoms with van der Waals surface area (Å²) in [6.45, 7) is 7.45. The van der Waals surface area contributed by atoms with E-state index in [0.717, 1.165) is 49.8 Å². The Hall–Kier alpha value is -1.17. The van der Waals surface area contributed by atoms with E-state index in [0.29, 0.717) is 6.04 Å². The van der Waals surface area contributed by atoms with Gasteiger partial charge in [0.15, 0.2) is 5.13 Å². The minimum Gasteiger partial charge on any atom is -0.345 e. The molecular formula is C15H22N4S. The molecule has 0 radical (unpaired) electrons. The second-order valence-corrected chi connectivity index (χ2v) is 6.43. The van der Waals surface area contributed by atoms with E-state index in [-0.39, 0.29) is 0 Å². The van der Waals surface area contributed by atoms with Crippen LogP contribution in [0.4, 0.5) is 5.13 Å². The van der Waals surface area contributed by atoms with Crippen LogP contribution in [-0.2, 0) is 0 Å². The Morgan fingerprint density at radius 2 is 2.00 bits per heavy atom.